The average molecular weight is 261 g/mol. The van der Waals surface area contributed by atoms with Crippen molar-refractivity contribution >= 4 is 23.0 Å². The molecule has 0 aliphatic heterocycles. The van der Waals surface area contributed by atoms with E-state index < -0.39 is 0 Å². The predicted molar refractivity (Wildman–Crippen MR) is 75.1 cm³/mol. The number of carbonyl (C=O) groups excluding carboxylic acids is 1. The standard InChI is InChI=1S/C14H19N3O2/c1-3-15-14-16-11-7-5-6-8-12(11)17(14)10-9-13(18)19-4-2/h5-8H,3-4,9-10H2,1-2H3,(H,15,16). The Labute approximate surface area is 112 Å². The minimum Gasteiger partial charge on any atom is -0.466 e. The number of para-hydroxylation sites is 2. The molecule has 2 aromatic rings. The van der Waals surface area contributed by atoms with Crippen LogP contribution in [0, 0.1) is 0 Å². The first-order valence-corrected chi connectivity index (χ1v) is 6.61. The van der Waals surface area contributed by atoms with Gasteiger partial charge in [0.1, 0.15) is 0 Å². The fourth-order valence-corrected chi connectivity index (χ4v) is 2.03. The zero-order chi connectivity index (χ0) is 13.7. The molecule has 1 aromatic heterocycles. The highest BCUT2D eigenvalue weighted by molar-refractivity contribution is 5.79. The lowest BCUT2D eigenvalue weighted by Crippen LogP contribution is -2.12. The summed E-state index contributed by atoms with van der Waals surface area (Å²) in [6.07, 6.45) is 0.354. The van der Waals surface area contributed by atoms with Crippen molar-refractivity contribution in [1.29, 1.82) is 0 Å². The van der Waals surface area contributed by atoms with Crippen molar-refractivity contribution in [1.82, 2.24) is 9.55 Å². The molecule has 0 atom stereocenters. The lowest BCUT2D eigenvalue weighted by Gasteiger charge is -2.09. The molecule has 102 valence electrons. The minimum absolute atomic E-state index is 0.178. The molecule has 0 bridgehead atoms. The molecule has 0 radical (unpaired) electrons. The SMILES string of the molecule is CCNc1nc2ccccc2n1CCC(=O)OCC. The lowest BCUT2D eigenvalue weighted by atomic mass is 10.3. The number of ether oxygens (including phenoxy) is 1. The Morgan fingerprint density at radius 2 is 2.16 bits per heavy atom. The van der Waals surface area contributed by atoms with E-state index in [9.17, 15) is 4.79 Å². The number of anilines is 1. The highest BCUT2D eigenvalue weighted by atomic mass is 16.5. The van der Waals surface area contributed by atoms with Crippen molar-refractivity contribution in [3.63, 3.8) is 0 Å². The molecule has 0 saturated carbocycles. The summed E-state index contributed by atoms with van der Waals surface area (Å²) < 4.78 is 6.98. The maximum Gasteiger partial charge on any atom is 0.307 e. The van der Waals surface area contributed by atoms with Gasteiger partial charge < -0.3 is 14.6 Å². The van der Waals surface area contributed by atoms with Crippen molar-refractivity contribution < 1.29 is 9.53 Å². The van der Waals surface area contributed by atoms with Crippen molar-refractivity contribution in [2.45, 2.75) is 26.8 Å². The van der Waals surface area contributed by atoms with Crippen LogP contribution in [0.2, 0.25) is 0 Å². The second kappa shape index (κ2) is 6.22. The summed E-state index contributed by atoms with van der Waals surface area (Å²) >= 11 is 0. The van der Waals surface area contributed by atoms with E-state index in [1.165, 1.54) is 0 Å². The van der Waals surface area contributed by atoms with Gasteiger partial charge in [0.2, 0.25) is 5.95 Å². The Morgan fingerprint density at radius 1 is 1.37 bits per heavy atom. The van der Waals surface area contributed by atoms with Crippen LogP contribution in [0.4, 0.5) is 5.95 Å². The van der Waals surface area contributed by atoms with Gasteiger partial charge in [-0.05, 0) is 26.0 Å². The predicted octanol–water partition coefficient (Wildman–Crippen LogP) is 2.42. The largest absolute Gasteiger partial charge is 0.466 e. The van der Waals surface area contributed by atoms with Gasteiger partial charge in [-0.15, -0.1) is 0 Å². The molecule has 0 fully saturated rings. The number of aromatic nitrogens is 2. The van der Waals surface area contributed by atoms with E-state index >= 15 is 0 Å². The highest BCUT2D eigenvalue weighted by Gasteiger charge is 2.11. The molecule has 19 heavy (non-hydrogen) atoms. The fraction of sp³-hybridized carbons (Fsp3) is 0.429. The van der Waals surface area contributed by atoms with Gasteiger partial charge in [-0.25, -0.2) is 4.98 Å². The van der Waals surface area contributed by atoms with Gasteiger partial charge in [0.15, 0.2) is 0 Å². The van der Waals surface area contributed by atoms with Crippen LogP contribution in [0.1, 0.15) is 20.3 Å². The monoisotopic (exact) mass is 261 g/mol. The van der Waals surface area contributed by atoms with E-state index in [-0.39, 0.29) is 5.97 Å². The van der Waals surface area contributed by atoms with Crippen molar-refractivity contribution in [2.75, 3.05) is 18.5 Å². The third kappa shape index (κ3) is 3.05. The van der Waals surface area contributed by atoms with Gasteiger partial charge in [0, 0.05) is 13.1 Å². The van der Waals surface area contributed by atoms with Crippen molar-refractivity contribution in [2.24, 2.45) is 0 Å². The third-order valence-corrected chi connectivity index (χ3v) is 2.83. The van der Waals surface area contributed by atoms with Gasteiger partial charge in [0.05, 0.1) is 24.1 Å². The van der Waals surface area contributed by atoms with Crippen molar-refractivity contribution in [3.05, 3.63) is 24.3 Å². The van der Waals surface area contributed by atoms with Gasteiger partial charge in [-0.1, -0.05) is 12.1 Å². The molecule has 0 saturated heterocycles. The van der Waals surface area contributed by atoms with Crippen LogP contribution in [0.15, 0.2) is 24.3 Å². The van der Waals surface area contributed by atoms with Crippen LogP contribution in [0.25, 0.3) is 11.0 Å². The van der Waals surface area contributed by atoms with Gasteiger partial charge in [-0.3, -0.25) is 4.79 Å². The Hall–Kier alpha value is -2.04. The van der Waals surface area contributed by atoms with Gasteiger partial charge in [-0.2, -0.15) is 0 Å². The molecule has 0 unspecified atom stereocenters. The third-order valence-electron chi connectivity index (χ3n) is 2.83. The second-order valence-corrected chi connectivity index (χ2v) is 4.16. The number of imidazole rings is 1. The van der Waals surface area contributed by atoms with E-state index in [0.717, 1.165) is 23.5 Å². The maximum atomic E-state index is 11.5. The number of esters is 1. The molecular formula is C14H19N3O2. The quantitative estimate of drug-likeness (QED) is 0.811. The molecule has 5 nitrogen and oxygen atoms in total. The summed E-state index contributed by atoms with van der Waals surface area (Å²) in [5.41, 5.74) is 1.96. The van der Waals surface area contributed by atoms with E-state index in [1.807, 2.05) is 42.7 Å². The number of hydrogen-bond acceptors (Lipinski definition) is 4. The molecular weight excluding hydrogens is 242 g/mol. The van der Waals surface area contributed by atoms with Crippen LogP contribution in [0.5, 0.6) is 0 Å². The molecule has 0 aliphatic rings. The van der Waals surface area contributed by atoms with Gasteiger partial charge >= 0.3 is 5.97 Å². The summed E-state index contributed by atoms with van der Waals surface area (Å²) in [5, 5.41) is 3.22. The number of hydrogen-bond donors (Lipinski definition) is 1. The molecule has 5 heteroatoms. The molecule has 2 rings (SSSR count). The van der Waals surface area contributed by atoms with Crippen LogP contribution < -0.4 is 5.32 Å². The maximum absolute atomic E-state index is 11.5. The number of nitrogens with one attached hydrogen (secondary N) is 1. The van der Waals surface area contributed by atoms with E-state index in [4.69, 9.17) is 4.74 Å². The fourth-order valence-electron chi connectivity index (χ4n) is 2.03. The summed E-state index contributed by atoms with van der Waals surface area (Å²) in [6.45, 7) is 5.62. The van der Waals surface area contributed by atoms with Crippen LogP contribution in [0.3, 0.4) is 0 Å². The van der Waals surface area contributed by atoms with E-state index in [2.05, 4.69) is 10.3 Å². The zero-order valence-electron chi connectivity index (χ0n) is 11.3. The number of benzene rings is 1. The molecule has 1 heterocycles. The molecule has 0 amide bonds. The average Bonchev–Trinajstić information content (AvgIpc) is 2.75. The highest BCUT2D eigenvalue weighted by Crippen LogP contribution is 2.19. The lowest BCUT2D eigenvalue weighted by molar-refractivity contribution is -0.143. The summed E-state index contributed by atoms with van der Waals surface area (Å²) in [7, 11) is 0. The zero-order valence-corrected chi connectivity index (χ0v) is 11.3. The normalized spacial score (nSPS) is 10.6. The topological polar surface area (TPSA) is 56.2 Å². The first kappa shape index (κ1) is 13.4. The number of rotatable bonds is 6. The number of nitrogens with zero attached hydrogens (tertiary/aromatic N) is 2. The van der Waals surface area contributed by atoms with Crippen molar-refractivity contribution in [3.8, 4) is 0 Å². The Balaban J connectivity index is 2.23. The van der Waals surface area contributed by atoms with E-state index in [1.54, 1.807) is 0 Å². The summed E-state index contributed by atoms with van der Waals surface area (Å²) in [4.78, 5) is 16.0. The number of aryl methyl sites for hydroxylation is 1. The first-order valence-electron chi connectivity index (χ1n) is 6.61. The van der Waals surface area contributed by atoms with Gasteiger partial charge in [0.25, 0.3) is 0 Å². The number of carbonyl (C=O) groups is 1. The van der Waals surface area contributed by atoms with Crippen LogP contribution in [-0.4, -0.2) is 28.7 Å². The second-order valence-electron chi connectivity index (χ2n) is 4.16. The molecule has 1 N–H and O–H groups in total. The Bertz CT molecular complexity index is 563. The summed E-state index contributed by atoms with van der Waals surface area (Å²) in [5.74, 6) is 0.621. The minimum atomic E-state index is -0.178. The Kier molecular flexibility index (Phi) is 4.39. The molecule has 1 aromatic carbocycles. The molecule has 0 spiro atoms. The van der Waals surface area contributed by atoms with E-state index in [0.29, 0.717) is 19.6 Å². The van der Waals surface area contributed by atoms with Crippen LogP contribution >= 0.6 is 0 Å². The summed E-state index contributed by atoms with van der Waals surface area (Å²) in [6, 6.07) is 7.91. The molecule has 0 aliphatic carbocycles. The smallest absolute Gasteiger partial charge is 0.307 e. The number of fused-ring (bicyclic) bond motifs is 1. The van der Waals surface area contributed by atoms with Crippen LogP contribution in [-0.2, 0) is 16.1 Å². The Morgan fingerprint density at radius 3 is 2.89 bits per heavy atom. The first-order chi connectivity index (χ1) is 9.26.